The number of pyridine rings is 1. The molecule has 122 valence electrons. The molecule has 1 aliphatic rings. The van der Waals surface area contributed by atoms with Gasteiger partial charge in [0.15, 0.2) is 0 Å². The molecule has 0 bridgehead atoms. The molecule has 1 saturated carbocycles. The largest absolute Gasteiger partial charge is 0.332 e. The molecule has 0 atom stereocenters. The molecule has 1 fully saturated rings. The molecular formula is C19H18N2OS2. The smallest absolute Gasteiger partial charge is 0.234 e. The average molecular weight is 355 g/mol. The Kier molecular flexibility index (Phi) is 4.21. The van der Waals surface area contributed by atoms with E-state index in [0.29, 0.717) is 13.1 Å². The topological polar surface area (TPSA) is 33.2 Å². The normalized spacial score (nSPS) is 15.2. The van der Waals surface area contributed by atoms with E-state index in [1.165, 1.54) is 10.4 Å². The lowest BCUT2D eigenvalue weighted by Crippen LogP contribution is -2.38. The van der Waals surface area contributed by atoms with Crippen LogP contribution >= 0.6 is 22.7 Å². The summed E-state index contributed by atoms with van der Waals surface area (Å²) in [5.74, 6) is 0.238. The average Bonchev–Trinajstić information content (AvgIpc) is 3.03. The third-order valence-corrected chi connectivity index (χ3v) is 6.28. The van der Waals surface area contributed by atoms with E-state index in [2.05, 4.69) is 33.3 Å². The third kappa shape index (κ3) is 3.01. The summed E-state index contributed by atoms with van der Waals surface area (Å²) in [6.07, 6.45) is 3.69. The summed E-state index contributed by atoms with van der Waals surface area (Å²) in [5, 5.41) is 6.24. The van der Waals surface area contributed by atoms with Crippen LogP contribution in [0.3, 0.4) is 0 Å². The van der Waals surface area contributed by atoms with Crippen LogP contribution < -0.4 is 0 Å². The molecule has 1 amide bonds. The third-order valence-electron chi connectivity index (χ3n) is 4.47. The maximum atomic E-state index is 13.4. The second-order valence-corrected chi connectivity index (χ2v) is 7.90. The van der Waals surface area contributed by atoms with Crippen molar-refractivity contribution in [1.29, 1.82) is 0 Å². The Morgan fingerprint density at radius 3 is 2.67 bits per heavy atom. The number of carbonyl (C=O) groups excluding carboxylic acids is 1. The summed E-state index contributed by atoms with van der Waals surface area (Å²) in [7, 11) is 0. The van der Waals surface area contributed by atoms with Crippen LogP contribution in [0.2, 0.25) is 0 Å². The summed E-state index contributed by atoms with van der Waals surface area (Å²) in [4.78, 5) is 20.9. The maximum absolute atomic E-state index is 13.4. The zero-order valence-electron chi connectivity index (χ0n) is 13.2. The first-order valence-electron chi connectivity index (χ1n) is 8.02. The van der Waals surface area contributed by atoms with Crippen LogP contribution in [0.25, 0.3) is 0 Å². The van der Waals surface area contributed by atoms with Crippen molar-refractivity contribution < 1.29 is 4.79 Å². The molecule has 0 saturated heterocycles. The van der Waals surface area contributed by atoms with Crippen LogP contribution in [-0.2, 0) is 23.3 Å². The Balaban J connectivity index is 1.61. The van der Waals surface area contributed by atoms with Crippen molar-refractivity contribution in [3.05, 3.63) is 74.9 Å². The minimum absolute atomic E-state index is 0.238. The molecule has 0 aliphatic heterocycles. The van der Waals surface area contributed by atoms with E-state index in [0.717, 1.165) is 18.5 Å². The number of hydrogen-bond donors (Lipinski definition) is 0. The van der Waals surface area contributed by atoms with Crippen LogP contribution in [0.15, 0.2) is 58.7 Å². The van der Waals surface area contributed by atoms with Gasteiger partial charge in [-0.1, -0.05) is 12.1 Å². The highest BCUT2D eigenvalue weighted by atomic mass is 32.1. The van der Waals surface area contributed by atoms with Gasteiger partial charge in [0.25, 0.3) is 0 Å². The highest BCUT2D eigenvalue weighted by Gasteiger charge is 2.53. The van der Waals surface area contributed by atoms with Crippen LogP contribution in [0, 0.1) is 0 Å². The summed E-state index contributed by atoms with van der Waals surface area (Å²) in [6.45, 7) is 1.20. The van der Waals surface area contributed by atoms with Crippen LogP contribution in [0.4, 0.5) is 0 Å². The fourth-order valence-corrected chi connectivity index (χ4v) is 4.67. The van der Waals surface area contributed by atoms with Crippen LogP contribution in [0.5, 0.6) is 0 Å². The van der Waals surface area contributed by atoms with Gasteiger partial charge in [0, 0.05) is 17.6 Å². The highest BCUT2D eigenvalue weighted by Crippen LogP contribution is 2.51. The molecule has 3 aromatic rings. The summed E-state index contributed by atoms with van der Waals surface area (Å²) in [5.41, 5.74) is 1.83. The fourth-order valence-electron chi connectivity index (χ4n) is 3.03. The Morgan fingerprint density at radius 2 is 2.04 bits per heavy atom. The van der Waals surface area contributed by atoms with Gasteiger partial charge in [-0.2, -0.15) is 11.3 Å². The first-order valence-corrected chi connectivity index (χ1v) is 9.84. The van der Waals surface area contributed by atoms with E-state index in [4.69, 9.17) is 0 Å². The summed E-state index contributed by atoms with van der Waals surface area (Å²) in [6, 6.07) is 12.1. The number of rotatable bonds is 6. The van der Waals surface area contributed by atoms with Gasteiger partial charge in [0.05, 0.1) is 17.7 Å². The first kappa shape index (κ1) is 15.5. The van der Waals surface area contributed by atoms with Gasteiger partial charge in [-0.25, -0.2) is 0 Å². The lowest BCUT2D eigenvalue weighted by atomic mass is 10.0. The predicted octanol–water partition coefficient (Wildman–Crippen LogP) is 4.47. The number of hydrogen-bond acceptors (Lipinski definition) is 4. The molecule has 5 heteroatoms. The van der Waals surface area contributed by atoms with Gasteiger partial charge in [0.1, 0.15) is 0 Å². The number of nitrogens with zero attached hydrogens (tertiary/aromatic N) is 2. The second kappa shape index (κ2) is 6.49. The van der Waals surface area contributed by atoms with Crippen molar-refractivity contribution in [3.8, 4) is 0 Å². The van der Waals surface area contributed by atoms with E-state index >= 15 is 0 Å². The molecule has 3 heterocycles. The first-order chi connectivity index (χ1) is 11.8. The van der Waals surface area contributed by atoms with E-state index in [9.17, 15) is 4.79 Å². The van der Waals surface area contributed by atoms with E-state index in [1.54, 1.807) is 28.9 Å². The fraction of sp³-hybridized carbons (Fsp3) is 0.263. The van der Waals surface area contributed by atoms with Gasteiger partial charge >= 0.3 is 0 Å². The molecular weight excluding hydrogens is 336 g/mol. The number of aromatic nitrogens is 1. The molecule has 0 unspecified atom stereocenters. The Labute approximate surface area is 149 Å². The van der Waals surface area contributed by atoms with Crippen LogP contribution in [-0.4, -0.2) is 15.8 Å². The van der Waals surface area contributed by atoms with Crippen LogP contribution in [0.1, 0.15) is 29.0 Å². The SMILES string of the molecule is O=C(N(Cc1ccsc1)Cc1ccccn1)C1(c2cccs2)CC1. The predicted molar refractivity (Wildman–Crippen MR) is 98.0 cm³/mol. The van der Waals surface area contributed by atoms with E-state index in [1.807, 2.05) is 29.2 Å². The van der Waals surface area contributed by atoms with Gasteiger partial charge in [-0.15, -0.1) is 11.3 Å². The molecule has 0 N–H and O–H groups in total. The summed E-state index contributed by atoms with van der Waals surface area (Å²) < 4.78 is 0. The van der Waals surface area contributed by atoms with E-state index in [-0.39, 0.29) is 11.3 Å². The molecule has 4 rings (SSSR count). The lowest BCUT2D eigenvalue weighted by molar-refractivity contribution is -0.135. The minimum Gasteiger partial charge on any atom is -0.332 e. The zero-order valence-corrected chi connectivity index (χ0v) is 14.9. The van der Waals surface area contributed by atoms with Crippen molar-refractivity contribution in [1.82, 2.24) is 9.88 Å². The molecule has 1 aliphatic carbocycles. The lowest BCUT2D eigenvalue weighted by Gasteiger charge is -2.26. The van der Waals surface area contributed by atoms with Crippen molar-refractivity contribution in [2.24, 2.45) is 0 Å². The van der Waals surface area contributed by atoms with Crippen molar-refractivity contribution in [3.63, 3.8) is 0 Å². The highest BCUT2D eigenvalue weighted by molar-refractivity contribution is 7.10. The van der Waals surface area contributed by atoms with Crippen molar-refractivity contribution >= 4 is 28.6 Å². The monoisotopic (exact) mass is 354 g/mol. The standard InChI is InChI=1S/C19H18N2OS2/c22-18(19(7-8-19)17-5-3-10-24-17)21(12-15-6-11-23-14-15)13-16-4-1-2-9-20-16/h1-6,9-11,14H,7-8,12-13H2. The minimum atomic E-state index is -0.293. The van der Waals surface area contributed by atoms with Crippen molar-refractivity contribution in [2.45, 2.75) is 31.3 Å². The Hall–Kier alpha value is -1.98. The Bertz CT molecular complexity index is 793. The molecule has 0 radical (unpaired) electrons. The number of thiophene rings is 2. The van der Waals surface area contributed by atoms with Gasteiger partial charge in [0.2, 0.25) is 5.91 Å². The quantitative estimate of drug-likeness (QED) is 0.654. The maximum Gasteiger partial charge on any atom is 0.234 e. The summed E-state index contributed by atoms with van der Waals surface area (Å²) >= 11 is 3.36. The Morgan fingerprint density at radius 1 is 1.12 bits per heavy atom. The van der Waals surface area contributed by atoms with Crippen molar-refractivity contribution in [2.75, 3.05) is 0 Å². The zero-order chi connectivity index (χ0) is 16.4. The molecule has 3 aromatic heterocycles. The molecule has 0 spiro atoms. The van der Waals surface area contributed by atoms with Gasteiger partial charge in [-0.05, 0) is 58.8 Å². The van der Waals surface area contributed by atoms with Gasteiger partial charge in [-0.3, -0.25) is 9.78 Å². The van der Waals surface area contributed by atoms with E-state index < -0.39 is 0 Å². The number of carbonyl (C=O) groups is 1. The number of amides is 1. The van der Waals surface area contributed by atoms with Gasteiger partial charge < -0.3 is 4.90 Å². The molecule has 24 heavy (non-hydrogen) atoms. The molecule has 3 nitrogen and oxygen atoms in total. The molecule has 0 aromatic carbocycles. The second-order valence-electron chi connectivity index (χ2n) is 6.17.